The Hall–Kier alpha value is -1.64. The number of rotatable bonds is 6. The van der Waals surface area contributed by atoms with Crippen LogP contribution in [0.1, 0.15) is 26.2 Å². The highest BCUT2D eigenvalue weighted by Gasteiger charge is 2.57. The van der Waals surface area contributed by atoms with Gasteiger partial charge in [-0.15, -0.1) is 0 Å². The number of hydrogen-bond acceptors (Lipinski definition) is 5. The van der Waals surface area contributed by atoms with Crippen LogP contribution in [0, 0.1) is 11.3 Å². The van der Waals surface area contributed by atoms with Crippen LogP contribution in [0.5, 0.6) is 0 Å². The molecule has 1 saturated heterocycles. The molecular formula is C18H28N4O3S. The van der Waals surface area contributed by atoms with Gasteiger partial charge in [-0.05, 0) is 62.9 Å². The van der Waals surface area contributed by atoms with Crippen LogP contribution in [-0.2, 0) is 14.8 Å². The summed E-state index contributed by atoms with van der Waals surface area (Å²) in [6.45, 7) is 4.56. The van der Waals surface area contributed by atoms with E-state index in [2.05, 4.69) is 16.0 Å². The number of benzene rings is 1. The van der Waals surface area contributed by atoms with Gasteiger partial charge in [0.25, 0.3) is 0 Å². The van der Waals surface area contributed by atoms with Crippen LogP contribution in [0.15, 0.2) is 23.1 Å². The molecule has 1 aliphatic carbocycles. The molecule has 2 fully saturated rings. The molecule has 1 spiro atoms. The topological polar surface area (TPSA) is 90.5 Å². The number of piperidine rings is 1. The SMILES string of the molecule is CCNc1ccc(S(=O)(=O)N(C)C)cc1NC(=O)C1CC12CCNCC2. The molecule has 1 heterocycles. The Morgan fingerprint density at radius 2 is 1.96 bits per heavy atom. The Labute approximate surface area is 155 Å². The first-order valence-corrected chi connectivity index (χ1v) is 10.6. The van der Waals surface area contributed by atoms with Gasteiger partial charge in [0, 0.05) is 26.6 Å². The molecule has 3 N–H and O–H groups in total. The van der Waals surface area contributed by atoms with Gasteiger partial charge in [-0.1, -0.05) is 0 Å². The standard InChI is InChI=1S/C18H28N4O3S/c1-4-20-15-6-5-13(26(24,25)22(2)3)11-16(15)21-17(23)14-12-18(14)7-9-19-10-8-18/h5-6,11,14,19-20H,4,7-10,12H2,1-3H3,(H,21,23). The molecular weight excluding hydrogens is 352 g/mol. The molecule has 1 aliphatic heterocycles. The smallest absolute Gasteiger partial charge is 0.242 e. The first kappa shape index (κ1) is 19.1. The van der Waals surface area contributed by atoms with E-state index in [1.54, 1.807) is 18.2 Å². The van der Waals surface area contributed by atoms with Crippen LogP contribution in [0.4, 0.5) is 11.4 Å². The molecule has 2 aliphatic rings. The largest absolute Gasteiger partial charge is 0.384 e. The van der Waals surface area contributed by atoms with E-state index >= 15 is 0 Å². The van der Waals surface area contributed by atoms with Crippen molar-refractivity contribution in [3.63, 3.8) is 0 Å². The maximum absolute atomic E-state index is 12.8. The highest BCUT2D eigenvalue weighted by atomic mass is 32.2. The van der Waals surface area contributed by atoms with Gasteiger partial charge in [0.05, 0.1) is 16.3 Å². The maximum atomic E-state index is 12.8. The molecule has 1 saturated carbocycles. The average Bonchev–Trinajstić information content (AvgIpc) is 3.30. The Kier molecular flexibility index (Phi) is 5.28. The number of nitrogens with one attached hydrogen (secondary N) is 3. The first-order valence-electron chi connectivity index (χ1n) is 9.12. The molecule has 26 heavy (non-hydrogen) atoms. The molecule has 1 aromatic rings. The molecule has 7 nitrogen and oxygen atoms in total. The summed E-state index contributed by atoms with van der Waals surface area (Å²) in [6.07, 6.45) is 2.98. The summed E-state index contributed by atoms with van der Waals surface area (Å²) in [5.41, 5.74) is 1.40. The molecule has 0 bridgehead atoms. The number of amides is 1. The minimum atomic E-state index is -3.55. The second-order valence-corrected chi connectivity index (χ2v) is 9.54. The van der Waals surface area contributed by atoms with E-state index in [1.165, 1.54) is 18.4 Å². The van der Waals surface area contributed by atoms with Crippen molar-refractivity contribution in [1.82, 2.24) is 9.62 Å². The molecule has 0 radical (unpaired) electrons. The molecule has 1 unspecified atom stereocenters. The van der Waals surface area contributed by atoms with Crippen LogP contribution in [0.2, 0.25) is 0 Å². The second kappa shape index (κ2) is 7.17. The number of sulfonamides is 1. The fourth-order valence-corrected chi connectivity index (χ4v) is 4.69. The number of carbonyl (C=O) groups excluding carboxylic acids is 1. The second-order valence-electron chi connectivity index (χ2n) is 7.38. The molecule has 1 atom stereocenters. The zero-order valence-corrected chi connectivity index (χ0v) is 16.4. The van der Waals surface area contributed by atoms with Crippen LogP contribution in [-0.4, -0.2) is 52.4 Å². The lowest BCUT2D eigenvalue weighted by Gasteiger charge is -2.23. The summed E-state index contributed by atoms with van der Waals surface area (Å²) in [5.74, 6) is 0.0126. The predicted octanol–water partition coefficient (Wildman–Crippen LogP) is 1.70. The van der Waals surface area contributed by atoms with E-state index in [0.29, 0.717) is 12.2 Å². The third-order valence-corrected chi connectivity index (χ3v) is 7.31. The Bertz CT molecular complexity index is 786. The average molecular weight is 381 g/mol. The van der Waals surface area contributed by atoms with Crippen molar-refractivity contribution in [2.75, 3.05) is 44.4 Å². The van der Waals surface area contributed by atoms with Crippen molar-refractivity contribution in [3.05, 3.63) is 18.2 Å². The van der Waals surface area contributed by atoms with Crippen molar-refractivity contribution in [2.24, 2.45) is 11.3 Å². The molecule has 0 aromatic heterocycles. The van der Waals surface area contributed by atoms with E-state index < -0.39 is 10.0 Å². The molecule has 1 aromatic carbocycles. The van der Waals surface area contributed by atoms with Gasteiger partial charge in [0.1, 0.15) is 0 Å². The Morgan fingerprint density at radius 1 is 1.27 bits per heavy atom. The van der Waals surface area contributed by atoms with Gasteiger partial charge in [-0.3, -0.25) is 4.79 Å². The summed E-state index contributed by atoms with van der Waals surface area (Å²) in [4.78, 5) is 13.0. The summed E-state index contributed by atoms with van der Waals surface area (Å²) in [5, 5.41) is 9.50. The van der Waals surface area contributed by atoms with E-state index in [9.17, 15) is 13.2 Å². The van der Waals surface area contributed by atoms with Crippen molar-refractivity contribution in [3.8, 4) is 0 Å². The fourth-order valence-electron chi connectivity index (χ4n) is 3.76. The van der Waals surface area contributed by atoms with Crippen molar-refractivity contribution >= 4 is 27.3 Å². The number of nitrogens with zero attached hydrogens (tertiary/aromatic N) is 1. The van der Waals surface area contributed by atoms with E-state index in [4.69, 9.17) is 0 Å². The van der Waals surface area contributed by atoms with Gasteiger partial charge in [-0.2, -0.15) is 0 Å². The Morgan fingerprint density at radius 3 is 2.58 bits per heavy atom. The Balaban J connectivity index is 1.82. The monoisotopic (exact) mass is 380 g/mol. The quantitative estimate of drug-likeness (QED) is 0.699. The van der Waals surface area contributed by atoms with Crippen molar-refractivity contribution < 1.29 is 13.2 Å². The van der Waals surface area contributed by atoms with Gasteiger partial charge in [0.2, 0.25) is 15.9 Å². The van der Waals surface area contributed by atoms with Crippen LogP contribution in [0.3, 0.4) is 0 Å². The summed E-state index contributed by atoms with van der Waals surface area (Å²) < 4.78 is 26.0. The van der Waals surface area contributed by atoms with Crippen molar-refractivity contribution in [1.29, 1.82) is 0 Å². The molecule has 8 heteroatoms. The molecule has 144 valence electrons. The summed E-state index contributed by atoms with van der Waals surface area (Å²) in [6, 6.07) is 4.82. The number of carbonyl (C=O) groups is 1. The van der Waals surface area contributed by atoms with E-state index in [0.717, 1.165) is 38.0 Å². The molecule has 3 rings (SSSR count). The van der Waals surface area contributed by atoms with Gasteiger partial charge in [-0.25, -0.2) is 12.7 Å². The third-order valence-electron chi connectivity index (χ3n) is 5.50. The molecule has 1 amide bonds. The third kappa shape index (κ3) is 3.58. The van der Waals surface area contributed by atoms with Gasteiger partial charge < -0.3 is 16.0 Å². The van der Waals surface area contributed by atoms with Gasteiger partial charge in [0.15, 0.2) is 0 Å². The zero-order chi connectivity index (χ0) is 18.9. The van der Waals surface area contributed by atoms with Gasteiger partial charge >= 0.3 is 0 Å². The van der Waals surface area contributed by atoms with E-state index in [-0.39, 0.29) is 22.1 Å². The lowest BCUT2D eigenvalue weighted by molar-refractivity contribution is -0.118. The highest BCUT2D eigenvalue weighted by Crippen LogP contribution is 2.58. The summed E-state index contributed by atoms with van der Waals surface area (Å²) >= 11 is 0. The van der Waals surface area contributed by atoms with Crippen molar-refractivity contribution in [2.45, 2.75) is 31.1 Å². The maximum Gasteiger partial charge on any atom is 0.242 e. The minimum absolute atomic E-state index is 0.00884. The zero-order valence-electron chi connectivity index (χ0n) is 15.6. The lowest BCUT2D eigenvalue weighted by Crippen LogP contribution is -2.31. The van der Waals surface area contributed by atoms with E-state index in [1.807, 2.05) is 6.92 Å². The van der Waals surface area contributed by atoms with Crippen LogP contribution < -0.4 is 16.0 Å². The predicted molar refractivity (Wildman–Crippen MR) is 103 cm³/mol. The normalized spacial score (nSPS) is 21.6. The van der Waals surface area contributed by atoms with Crippen LogP contribution in [0.25, 0.3) is 0 Å². The number of hydrogen-bond donors (Lipinski definition) is 3. The number of anilines is 2. The first-order chi connectivity index (χ1) is 12.3. The lowest BCUT2D eigenvalue weighted by atomic mass is 9.92. The highest BCUT2D eigenvalue weighted by molar-refractivity contribution is 7.89. The summed E-state index contributed by atoms with van der Waals surface area (Å²) in [7, 11) is -0.559. The van der Waals surface area contributed by atoms with Crippen LogP contribution >= 0.6 is 0 Å². The minimum Gasteiger partial charge on any atom is -0.384 e. The fraction of sp³-hybridized carbons (Fsp3) is 0.611.